The molecule has 0 unspecified atom stereocenters. The Morgan fingerprint density at radius 3 is 0.267 bits per heavy atom. The second-order valence-electron chi connectivity index (χ2n) is 10.9. The van der Waals surface area contributed by atoms with E-state index in [1.54, 1.807) is 0 Å². The van der Waals surface area contributed by atoms with Crippen LogP contribution in [0.5, 0.6) is 0 Å². The van der Waals surface area contributed by atoms with Crippen molar-refractivity contribution in [2.45, 2.75) is 107 Å². The van der Waals surface area contributed by atoms with Crippen molar-refractivity contribution in [3.05, 3.63) is 12.9 Å². The third kappa shape index (κ3) is 6.16. The van der Waals surface area contributed by atoms with E-state index in [0.717, 1.165) is 0 Å². The van der Waals surface area contributed by atoms with Crippen molar-refractivity contribution in [3.8, 4) is 0 Å². The first-order chi connectivity index (χ1) is 25.1. The van der Waals surface area contributed by atoms with E-state index in [-0.39, 0.29) is 0 Å². The average Bonchev–Trinajstić information content (AvgIpc) is 3.02. The number of rotatable bonds is 19. The Morgan fingerprint density at radius 1 is 0.133 bits per heavy atom. The monoisotopic (exact) mass is 1000 g/mol. The summed E-state index contributed by atoms with van der Waals surface area (Å²) in [5.41, 5.74) is 0. The van der Waals surface area contributed by atoms with Gasteiger partial charge in [-0.3, -0.25) is 0 Å². The quantitative estimate of drug-likeness (QED) is 0.113. The first-order valence-electron chi connectivity index (χ1n) is 12.3. The van der Waals surface area contributed by atoms with Crippen LogP contribution in [-0.2, 0) is 0 Å². The Kier molecular flexibility index (Phi) is 13.2. The van der Waals surface area contributed by atoms with E-state index in [0.29, 0.717) is 0 Å². The van der Waals surface area contributed by atoms with Gasteiger partial charge in [0.1, 0.15) is 0 Å². The maximum absolute atomic E-state index is 13.9. The third-order valence-corrected chi connectivity index (χ3v) is 7.18. The van der Waals surface area contributed by atoms with Gasteiger partial charge in [0, 0.05) is 0 Å². The van der Waals surface area contributed by atoms with Gasteiger partial charge >= 0.3 is 119 Å². The molecule has 0 aromatic carbocycles. The Hall–Kier alpha value is -2.80. The Labute approximate surface area is 296 Å². The third-order valence-electron chi connectivity index (χ3n) is 7.18. The zero-order valence-electron chi connectivity index (χ0n) is 25.1. The molecule has 0 aliphatic carbocycles. The summed E-state index contributed by atoms with van der Waals surface area (Å²) in [6.45, 7) is 0. The summed E-state index contributed by atoms with van der Waals surface area (Å²) in [5, 5.41) is 0. The molecule has 0 fully saturated rings. The largest absolute Gasteiger partial charge is 0.385 e. The van der Waals surface area contributed by atoms with Crippen LogP contribution in [0.4, 0.5) is 176 Å². The molecule has 0 saturated heterocycles. The molecule has 0 heterocycles. The van der Waals surface area contributed by atoms with Gasteiger partial charge < -0.3 is 0 Å². The van der Waals surface area contributed by atoms with Crippen molar-refractivity contribution >= 4 is 0 Å². The van der Waals surface area contributed by atoms with Crippen molar-refractivity contribution < 1.29 is 176 Å². The predicted molar refractivity (Wildman–Crippen MR) is 100.0 cm³/mol. The lowest BCUT2D eigenvalue weighted by Crippen LogP contribution is -2.80. The molecule has 0 amide bonds. The van der Waals surface area contributed by atoms with Gasteiger partial charge in [-0.1, -0.05) is 0 Å². The highest BCUT2D eigenvalue weighted by molar-refractivity contribution is 5.23. The number of halogens is 40. The molecule has 0 rings (SSSR count). The van der Waals surface area contributed by atoms with E-state index in [9.17, 15) is 176 Å². The molecule has 0 aliphatic rings. The van der Waals surface area contributed by atoms with Gasteiger partial charge in [-0.2, -0.15) is 176 Å². The molecule has 0 saturated carbocycles. The molecule has 360 valence electrons. The van der Waals surface area contributed by atoms with Gasteiger partial charge in [-0.05, 0) is 0 Å². The number of alkyl halides is 36. The fourth-order valence-electron chi connectivity index (χ4n) is 3.39. The van der Waals surface area contributed by atoms with Crippen LogP contribution in [0.2, 0.25) is 0 Å². The van der Waals surface area contributed by atoms with E-state index in [4.69, 9.17) is 0 Å². The topological polar surface area (TPSA) is 0 Å². The van der Waals surface area contributed by atoms with Crippen molar-refractivity contribution in [1.82, 2.24) is 0 Å². The normalized spacial score (nSPS) is 17.3. The Balaban J connectivity index is 7.92. The molecule has 40 heteroatoms. The van der Waals surface area contributed by atoms with E-state index in [1.165, 1.54) is 0 Å². The highest BCUT2D eigenvalue weighted by Gasteiger charge is 3.03. The maximum atomic E-state index is 13.9. The van der Waals surface area contributed by atoms with Crippen LogP contribution in [-0.4, -0.2) is 107 Å². The predicted octanol–water partition coefficient (Wildman–Crippen LogP) is 13.3. The average molecular weight is 1000 g/mol. The van der Waals surface area contributed by atoms with Crippen LogP contribution in [0, 0.1) is 12.9 Å². The molecule has 0 aliphatic heterocycles. The summed E-state index contributed by atoms with van der Waals surface area (Å²) in [7, 11) is 0. The summed E-state index contributed by atoms with van der Waals surface area (Å²) in [4.78, 5) is 0. The maximum Gasteiger partial charge on any atom is 0.385 e. The zero-order chi connectivity index (χ0) is 50.2. The lowest BCUT2D eigenvalue weighted by Gasteiger charge is -2.47. The first kappa shape index (κ1) is 57.2. The van der Waals surface area contributed by atoms with E-state index in [1.807, 2.05) is 0 Å². The van der Waals surface area contributed by atoms with Crippen molar-refractivity contribution in [2.24, 2.45) is 0 Å². The molecule has 0 nitrogen and oxygen atoms in total. The molecule has 0 N–H and O–H groups in total. The van der Waals surface area contributed by atoms with Gasteiger partial charge in [0.2, 0.25) is 0 Å². The second kappa shape index (κ2) is 13.8. The standard InChI is InChI=1S/C20F40/c21-1(22)3(25,26)5(29,30)7(33,34)9(37,38)11(41,42)13(45,46)15(49,50)17(53,54)19(57,58)20(59,60)18(55,56)16(51,52)14(47,48)12(43,44)10(39,40)8(35,36)6(31,32)4(27,28)2(23)24. The highest BCUT2D eigenvalue weighted by Crippen LogP contribution is 2.71. The summed E-state index contributed by atoms with van der Waals surface area (Å²) < 4.78 is 536. The van der Waals surface area contributed by atoms with Crippen LogP contribution < -0.4 is 0 Å². The van der Waals surface area contributed by atoms with Gasteiger partial charge in [0.15, 0.2) is 0 Å². The van der Waals surface area contributed by atoms with Gasteiger partial charge in [-0.25, -0.2) is 0 Å². The highest BCUT2D eigenvalue weighted by atomic mass is 19.4. The van der Waals surface area contributed by atoms with Crippen LogP contribution in [0.25, 0.3) is 0 Å². The Bertz CT molecular complexity index is 1420. The zero-order valence-corrected chi connectivity index (χ0v) is 25.1. The van der Waals surface area contributed by atoms with Gasteiger partial charge in [0.25, 0.3) is 0 Å². The smallest absolute Gasteiger partial charge is 0.192 e. The fraction of sp³-hybridized carbons (Fsp3) is 0.900. The molecule has 0 bridgehead atoms. The van der Waals surface area contributed by atoms with E-state index >= 15 is 0 Å². The summed E-state index contributed by atoms with van der Waals surface area (Å²) in [6.07, 6.45) is -11.3. The van der Waals surface area contributed by atoms with Crippen molar-refractivity contribution in [1.29, 1.82) is 0 Å². The van der Waals surface area contributed by atoms with Crippen molar-refractivity contribution in [2.75, 3.05) is 0 Å². The number of hydrogen-bond acceptors (Lipinski definition) is 0. The minimum atomic E-state index is -10.5. The minimum absolute atomic E-state index is 5.67. The van der Waals surface area contributed by atoms with Crippen molar-refractivity contribution in [3.63, 3.8) is 0 Å². The lowest BCUT2D eigenvalue weighted by molar-refractivity contribution is -0.492. The number of hydrogen-bond donors (Lipinski definition) is 0. The van der Waals surface area contributed by atoms with Crippen LogP contribution in [0.1, 0.15) is 0 Å². The summed E-state index contributed by atoms with van der Waals surface area (Å²) in [5.74, 6) is -178. The van der Waals surface area contributed by atoms with Gasteiger partial charge in [0.05, 0.1) is 0 Å². The molecule has 0 aromatic rings. The SMILES string of the molecule is F[C](F)C(F)(F)C(F)(F)C(F)(F)C(F)(F)C(F)(F)C(F)(F)C(F)(F)C(F)(F)C(F)(F)C(F)(F)C(F)(F)C(F)(F)C(F)(F)C(F)(F)C(F)(F)C(F)(F)C(F)(F)C(F)(F)[C](F)F. The molecule has 0 atom stereocenters. The molecular weight excluding hydrogens is 1000 g/mol. The fourth-order valence-corrected chi connectivity index (χ4v) is 3.39. The molecule has 0 aromatic heterocycles. The van der Waals surface area contributed by atoms with E-state index in [2.05, 4.69) is 0 Å². The summed E-state index contributed by atoms with van der Waals surface area (Å²) >= 11 is 0. The molecular formula is C20F40. The van der Waals surface area contributed by atoms with Crippen LogP contribution in [0.3, 0.4) is 0 Å². The molecule has 0 spiro atoms. The minimum Gasteiger partial charge on any atom is -0.192 e. The molecule has 60 heavy (non-hydrogen) atoms. The first-order valence-corrected chi connectivity index (χ1v) is 12.3. The van der Waals surface area contributed by atoms with Crippen LogP contribution >= 0.6 is 0 Å². The Morgan fingerprint density at radius 2 is 0.200 bits per heavy atom. The second-order valence-corrected chi connectivity index (χ2v) is 10.9. The van der Waals surface area contributed by atoms with Crippen LogP contribution in [0.15, 0.2) is 0 Å². The van der Waals surface area contributed by atoms with E-state index < -0.39 is 119 Å². The lowest BCUT2D eigenvalue weighted by atomic mass is 9.82. The van der Waals surface area contributed by atoms with Gasteiger partial charge in [-0.15, -0.1) is 0 Å². The molecule has 2 radical (unpaired) electrons. The summed E-state index contributed by atoms with van der Waals surface area (Å²) in [6, 6.07) is 0.